The Hall–Kier alpha value is -1.26. The second-order valence-corrected chi connectivity index (χ2v) is 6.08. The van der Waals surface area contributed by atoms with Crippen molar-refractivity contribution in [3.63, 3.8) is 0 Å². The van der Waals surface area contributed by atoms with Crippen LogP contribution in [0.2, 0.25) is 10.0 Å². The zero-order chi connectivity index (χ0) is 15.6. The van der Waals surface area contributed by atoms with E-state index in [2.05, 4.69) is 5.32 Å². The summed E-state index contributed by atoms with van der Waals surface area (Å²) in [5.74, 6) is -0.539. The first-order chi connectivity index (χ1) is 9.93. The summed E-state index contributed by atoms with van der Waals surface area (Å²) in [6.07, 6.45) is 1.06. The van der Waals surface area contributed by atoms with E-state index in [1.165, 1.54) is 4.90 Å². The van der Waals surface area contributed by atoms with Gasteiger partial charge in [0.2, 0.25) is 11.8 Å². The van der Waals surface area contributed by atoms with Crippen molar-refractivity contribution in [1.82, 2.24) is 5.32 Å². The molecule has 21 heavy (non-hydrogen) atoms. The number of rotatable bonds is 4. The third kappa shape index (κ3) is 3.50. The highest BCUT2D eigenvalue weighted by Crippen LogP contribution is 2.35. The maximum absolute atomic E-state index is 12.2. The first-order valence-corrected chi connectivity index (χ1v) is 7.74. The first kappa shape index (κ1) is 16.1. The number of nitrogens with zero attached hydrogens (tertiary/aromatic N) is 1. The minimum absolute atomic E-state index is 0.0849. The number of carbonyl (C=O) groups is 2. The van der Waals surface area contributed by atoms with Gasteiger partial charge in [-0.1, -0.05) is 36.2 Å². The lowest BCUT2D eigenvalue weighted by atomic mass is 10.1. The number of halogens is 2. The van der Waals surface area contributed by atoms with Gasteiger partial charge in [0.15, 0.2) is 0 Å². The zero-order valence-corrected chi connectivity index (χ0v) is 13.5. The maximum atomic E-state index is 12.2. The highest BCUT2D eigenvalue weighted by atomic mass is 35.5. The molecule has 2 rings (SSSR count). The molecule has 1 fully saturated rings. The van der Waals surface area contributed by atoms with E-state index < -0.39 is 0 Å². The highest BCUT2D eigenvalue weighted by molar-refractivity contribution is 6.44. The molecule has 1 aliphatic heterocycles. The van der Waals surface area contributed by atoms with Gasteiger partial charge in [0.1, 0.15) is 0 Å². The Morgan fingerprint density at radius 1 is 1.48 bits per heavy atom. The van der Waals surface area contributed by atoms with E-state index in [9.17, 15) is 9.59 Å². The van der Waals surface area contributed by atoms with Crippen molar-refractivity contribution >= 4 is 40.7 Å². The molecular formula is C15H18Cl2N2O2. The molecular weight excluding hydrogens is 311 g/mol. The molecule has 2 amide bonds. The average Bonchev–Trinajstić information content (AvgIpc) is 2.83. The fourth-order valence-electron chi connectivity index (χ4n) is 2.28. The van der Waals surface area contributed by atoms with Gasteiger partial charge in [-0.3, -0.25) is 9.59 Å². The van der Waals surface area contributed by atoms with Gasteiger partial charge in [0.25, 0.3) is 0 Å². The molecule has 114 valence electrons. The molecule has 0 aromatic heterocycles. The molecule has 1 aliphatic rings. The van der Waals surface area contributed by atoms with Crippen LogP contribution >= 0.6 is 23.2 Å². The molecule has 1 heterocycles. The summed E-state index contributed by atoms with van der Waals surface area (Å²) in [5, 5.41) is 3.65. The molecule has 0 unspecified atom stereocenters. The Kier molecular flexibility index (Phi) is 5.12. The maximum Gasteiger partial charge on any atom is 0.227 e. The Bertz CT molecular complexity index is 563. The van der Waals surface area contributed by atoms with Crippen molar-refractivity contribution in [2.75, 3.05) is 11.4 Å². The minimum Gasteiger partial charge on any atom is -0.353 e. The minimum atomic E-state index is -0.346. The molecule has 1 N–H and O–H groups in total. The highest BCUT2D eigenvalue weighted by Gasteiger charge is 2.36. The van der Waals surface area contributed by atoms with Gasteiger partial charge in [-0.15, -0.1) is 0 Å². The largest absolute Gasteiger partial charge is 0.353 e. The molecule has 2 atom stereocenters. The molecule has 1 saturated heterocycles. The molecule has 0 aliphatic carbocycles. The van der Waals surface area contributed by atoms with Crippen molar-refractivity contribution in [1.29, 1.82) is 0 Å². The molecule has 0 saturated carbocycles. The number of amides is 2. The van der Waals surface area contributed by atoms with Gasteiger partial charge in [-0.05, 0) is 25.5 Å². The van der Waals surface area contributed by atoms with Gasteiger partial charge in [-0.25, -0.2) is 0 Å². The Morgan fingerprint density at radius 2 is 2.19 bits per heavy atom. The Balaban J connectivity index is 2.13. The van der Waals surface area contributed by atoms with E-state index in [-0.39, 0.29) is 30.2 Å². The van der Waals surface area contributed by atoms with E-state index in [0.717, 1.165) is 6.42 Å². The molecule has 4 nitrogen and oxygen atoms in total. The number of benzene rings is 1. The quantitative estimate of drug-likeness (QED) is 0.922. The summed E-state index contributed by atoms with van der Waals surface area (Å²) in [6, 6.07) is 5.25. The molecule has 1 aromatic carbocycles. The number of nitrogens with one attached hydrogen (secondary N) is 1. The third-order valence-electron chi connectivity index (χ3n) is 3.72. The van der Waals surface area contributed by atoms with E-state index in [1.54, 1.807) is 18.2 Å². The summed E-state index contributed by atoms with van der Waals surface area (Å²) < 4.78 is 0. The summed E-state index contributed by atoms with van der Waals surface area (Å²) >= 11 is 12.1. The molecule has 0 spiro atoms. The smallest absolute Gasteiger partial charge is 0.227 e. The van der Waals surface area contributed by atoms with E-state index in [0.29, 0.717) is 22.3 Å². The van der Waals surface area contributed by atoms with Crippen LogP contribution in [0.4, 0.5) is 5.69 Å². The predicted octanol–water partition coefficient (Wildman–Crippen LogP) is 3.26. The number of hydrogen-bond donors (Lipinski definition) is 1. The van der Waals surface area contributed by atoms with Crippen LogP contribution in [-0.2, 0) is 9.59 Å². The van der Waals surface area contributed by atoms with Gasteiger partial charge < -0.3 is 10.2 Å². The molecule has 1 aromatic rings. The average molecular weight is 329 g/mol. The fraction of sp³-hybridized carbons (Fsp3) is 0.467. The van der Waals surface area contributed by atoms with Crippen molar-refractivity contribution in [3.8, 4) is 0 Å². The summed E-state index contributed by atoms with van der Waals surface area (Å²) in [4.78, 5) is 25.8. The lowest BCUT2D eigenvalue weighted by Gasteiger charge is -2.19. The molecule has 0 bridgehead atoms. The summed E-state index contributed by atoms with van der Waals surface area (Å²) in [7, 11) is 0. The molecule has 6 heteroatoms. The van der Waals surface area contributed by atoms with Crippen molar-refractivity contribution in [2.24, 2.45) is 5.92 Å². The van der Waals surface area contributed by atoms with Crippen LogP contribution in [0.1, 0.15) is 26.7 Å². The summed E-state index contributed by atoms with van der Waals surface area (Å²) in [6.45, 7) is 4.28. The standard InChI is InChI=1S/C15H18Cl2N2O2/c1-3-9(2)18-15(21)10-7-13(20)19(8-10)12-6-4-5-11(16)14(12)17/h4-6,9-10H,3,7-8H2,1-2H3,(H,18,21)/t9-,10+/m0/s1. The van der Waals surface area contributed by atoms with E-state index >= 15 is 0 Å². The van der Waals surface area contributed by atoms with Gasteiger partial charge in [0.05, 0.1) is 21.7 Å². The Morgan fingerprint density at radius 3 is 2.86 bits per heavy atom. The van der Waals surface area contributed by atoms with Crippen LogP contribution in [0.3, 0.4) is 0 Å². The predicted molar refractivity (Wildman–Crippen MR) is 84.8 cm³/mol. The number of hydrogen-bond acceptors (Lipinski definition) is 2. The zero-order valence-electron chi connectivity index (χ0n) is 12.0. The summed E-state index contributed by atoms with van der Waals surface area (Å²) in [5.41, 5.74) is 0.563. The van der Waals surface area contributed by atoms with Crippen molar-refractivity contribution in [3.05, 3.63) is 28.2 Å². The van der Waals surface area contributed by atoms with Crippen LogP contribution in [0.25, 0.3) is 0 Å². The normalized spacial score (nSPS) is 19.7. The van der Waals surface area contributed by atoms with Gasteiger partial charge in [0, 0.05) is 19.0 Å². The lowest BCUT2D eigenvalue weighted by molar-refractivity contribution is -0.126. The van der Waals surface area contributed by atoms with Crippen LogP contribution in [-0.4, -0.2) is 24.4 Å². The monoisotopic (exact) mass is 328 g/mol. The SMILES string of the molecule is CC[C@H](C)NC(=O)[C@@H]1CC(=O)N(c2cccc(Cl)c2Cl)C1. The first-order valence-electron chi connectivity index (χ1n) is 6.98. The second-order valence-electron chi connectivity index (χ2n) is 5.30. The molecule has 0 radical (unpaired) electrons. The number of carbonyl (C=O) groups excluding carboxylic acids is 2. The Labute approximate surface area is 134 Å². The van der Waals surface area contributed by atoms with Crippen molar-refractivity contribution in [2.45, 2.75) is 32.7 Å². The fourth-order valence-corrected chi connectivity index (χ4v) is 2.68. The van der Waals surface area contributed by atoms with E-state index in [4.69, 9.17) is 23.2 Å². The van der Waals surface area contributed by atoms with Crippen LogP contribution < -0.4 is 10.2 Å². The topological polar surface area (TPSA) is 49.4 Å². The van der Waals surface area contributed by atoms with Crippen molar-refractivity contribution < 1.29 is 9.59 Å². The van der Waals surface area contributed by atoms with Gasteiger partial charge in [-0.2, -0.15) is 0 Å². The van der Waals surface area contributed by atoms with Crippen LogP contribution in [0, 0.1) is 5.92 Å². The number of anilines is 1. The second kappa shape index (κ2) is 6.67. The lowest BCUT2D eigenvalue weighted by Crippen LogP contribution is -2.38. The van der Waals surface area contributed by atoms with Crippen LogP contribution in [0.15, 0.2) is 18.2 Å². The van der Waals surface area contributed by atoms with Crippen LogP contribution in [0.5, 0.6) is 0 Å². The van der Waals surface area contributed by atoms with E-state index in [1.807, 2.05) is 13.8 Å². The third-order valence-corrected chi connectivity index (χ3v) is 4.53. The van der Waals surface area contributed by atoms with Gasteiger partial charge >= 0.3 is 0 Å².